The number of piperazine rings is 1. The van der Waals surface area contributed by atoms with Gasteiger partial charge in [-0.05, 0) is 78.6 Å². The van der Waals surface area contributed by atoms with Crippen LogP contribution in [0.2, 0.25) is 0 Å². The molecule has 2 fully saturated rings. The highest BCUT2D eigenvalue weighted by molar-refractivity contribution is 6.03. The smallest absolute Gasteiger partial charge is 0.335 e. The number of fused-ring (bicyclic) bond motifs is 2. The van der Waals surface area contributed by atoms with Crippen LogP contribution in [0.3, 0.4) is 0 Å². The molecule has 1 saturated heterocycles. The number of carbonyl (C=O) groups excluding carboxylic acids is 2. The van der Waals surface area contributed by atoms with Gasteiger partial charge in [0.1, 0.15) is 11.5 Å². The molecule has 0 spiro atoms. The maximum absolute atomic E-state index is 14.8. The zero-order chi connectivity index (χ0) is 38.7. The van der Waals surface area contributed by atoms with Gasteiger partial charge in [-0.3, -0.25) is 9.59 Å². The third-order valence-corrected chi connectivity index (χ3v) is 9.93. The normalized spacial score (nSPS) is 19.2. The standard InChI is InChI=1S/C39H42F3N3O9/c1-52-26-14-22(15-27(17-26)53-2)18-45(25-9-10-25)37(48)32-28(16-24-19-44(20-31(32)43-24)38(49)34(46)35(47)39(50)51)23-7-5-21(6-8-23)4-3-13-54-36-30(41)12-11-29(40)33(36)42/h5-8,11-12,14-15,17,24-25,31,34-35,43,46-47H,3-4,9-10,13,16,18-20H2,1-2H3,(H,50,51)/t24-,31-,34+,35+/m1/s1. The van der Waals surface area contributed by atoms with E-state index >= 15 is 0 Å². The highest BCUT2D eigenvalue weighted by atomic mass is 19.2. The van der Waals surface area contributed by atoms with E-state index in [9.17, 15) is 42.9 Å². The number of carboxylic acids is 1. The van der Waals surface area contributed by atoms with Gasteiger partial charge in [0.15, 0.2) is 29.6 Å². The molecule has 4 atom stereocenters. The van der Waals surface area contributed by atoms with Crippen LogP contribution >= 0.6 is 0 Å². The molecule has 3 aromatic rings. The minimum Gasteiger partial charge on any atom is -0.497 e. The zero-order valence-electron chi connectivity index (χ0n) is 29.8. The van der Waals surface area contributed by atoms with E-state index in [0.717, 1.165) is 41.2 Å². The third kappa shape index (κ3) is 8.48. The minimum atomic E-state index is -2.31. The van der Waals surface area contributed by atoms with E-state index in [0.29, 0.717) is 42.4 Å². The fraction of sp³-hybridized carbons (Fsp3) is 0.410. The van der Waals surface area contributed by atoms with Crippen LogP contribution in [0.5, 0.6) is 17.2 Å². The number of amides is 2. The largest absolute Gasteiger partial charge is 0.497 e. The number of ether oxygens (including phenoxy) is 3. The monoisotopic (exact) mass is 753 g/mol. The zero-order valence-corrected chi connectivity index (χ0v) is 29.8. The Morgan fingerprint density at radius 2 is 1.57 bits per heavy atom. The van der Waals surface area contributed by atoms with Crippen LogP contribution in [0.1, 0.15) is 42.4 Å². The Kier molecular flexibility index (Phi) is 11.8. The number of aliphatic hydroxyl groups excluding tert-OH is 2. The van der Waals surface area contributed by atoms with E-state index in [4.69, 9.17) is 14.2 Å². The molecule has 1 saturated carbocycles. The van der Waals surface area contributed by atoms with Crippen LogP contribution in [0.15, 0.2) is 60.2 Å². The van der Waals surface area contributed by atoms with Crippen molar-refractivity contribution in [3.63, 3.8) is 0 Å². The molecular weight excluding hydrogens is 711 g/mol. The summed E-state index contributed by atoms with van der Waals surface area (Å²) in [4.78, 5) is 42.4. The Morgan fingerprint density at radius 1 is 0.907 bits per heavy atom. The molecule has 4 N–H and O–H groups in total. The van der Waals surface area contributed by atoms with Gasteiger partial charge in [0.2, 0.25) is 5.82 Å². The number of nitrogens with zero attached hydrogens (tertiary/aromatic N) is 2. The van der Waals surface area contributed by atoms with E-state index in [1.807, 2.05) is 36.4 Å². The Bertz CT molecular complexity index is 1900. The van der Waals surface area contributed by atoms with Gasteiger partial charge in [-0.15, -0.1) is 0 Å². The predicted molar refractivity (Wildman–Crippen MR) is 188 cm³/mol. The lowest BCUT2D eigenvalue weighted by Gasteiger charge is -2.45. The van der Waals surface area contributed by atoms with E-state index in [-0.39, 0.29) is 44.2 Å². The number of hydrogen-bond acceptors (Lipinski definition) is 9. The van der Waals surface area contributed by atoms with Gasteiger partial charge in [0, 0.05) is 43.4 Å². The number of carboxylic acid groups (broad SMARTS) is 1. The molecule has 15 heteroatoms. The number of benzene rings is 3. The topological polar surface area (TPSA) is 158 Å². The van der Waals surface area contributed by atoms with Crippen LogP contribution in [-0.2, 0) is 27.3 Å². The summed E-state index contributed by atoms with van der Waals surface area (Å²) in [6.07, 6.45) is -1.70. The van der Waals surface area contributed by atoms with Gasteiger partial charge in [-0.25, -0.2) is 13.6 Å². The molecule has 2 aliphatic heterocycles. The predicted octanol–water partition coefficient (Wildman–Crippen LogP) is 3.46. The van der Waals surface area contributed by atoms with Gasteiger partial charge in [-0.2, -0.15) is 4.39 Å². The average Bonchev–Trinajstić information content (AvgIpc) is 4.02. The quantitative estimate of drug-likeness (QED) is 0.134. The lowest BCUT2D eigenvalue weighted by Crippen LogP contribution is -2.64. The van der Waals surface area contributed by atoms with Crippen molar-refractivity contribution >= 4 is 23.4 Å². The maximum atomic E-state index is 14.8. The van der Waals surface area contributed by atoms with E-state index < -0.39 is 53.3 Å². The van der Waals surface area contributed by atoms with Crippen LogP contribution < -0.4 is 19.5 Å². The molecule has 12 nitrogen and oxygen atoms in total. The molecule has 288 valence electrons. The number of hydrogen-bond donors (Lipinski definition) is 4. The molecule has 0 aromatic heterocycles. The van der Waals surface area contributed by atoms with Gasteiger partial charge >= 0.3 is 5.97 Å². The van der Waals surface area contributed by atoms with Crippen molar-refractivity contribution < 1.29 is 57.1 Å². The SMILES string of the molecule is COc1cc(CN(C(=O)C2=C(c3ccc(CCCOc4c(F)ccc(F)c4F)cc3)C[C@@H]3CN(C(=O)[C@@H](O)[C@H](O)C(=O)O)C[C@H]2N3)C2CC2)cc(OC)c1. The van der Waals surface area contributed by atoms with Crippen molar-refractivity contribution in [1.82, 2.24) is 15.1 Å². The second-order valence-corrected chi connectivity index (χ2v) is 13.7. The van der Waals surface area contributed by atoms with Gasteiger partial charge in [0.25, 0.3) is 11.8 Å². The van der Waals surface area contributed by atoms with Crippen LogP contribution in [0.4, 0.5) is 13.2 Å². The van der Waals surface area contributed by atoms with Gasteiger partial charge in [-0.1, -0.05) is 24.3 Å². The molecular formula is C39H42F3N3O9. The van der Waals surface area contributed by atoms with Crippen LogP contribution in [-0.4, -0.2) is 107 Å². The molecule has 3 aliphatic rings. The first kappa shape index (κ1) is 38.6. The first-order valence-electron chi connectivity index (χ1n) is 17.6. The minimum absolute atomic E-state index is 0.0334. The van der Waals surface area contributed by atoms with Crippen molar-refractivity contribution in [2.75, 3.05) is 33.9 Å². The number of aryl methyl sites for hydroxylation is 1. The van der Waals surface area contributed by atoms with Crippen molar-refractivity contribution in [2.24, 2.45) is 0 Å². The number of aliphatic carboxylic acids is 1. The van der Waals surface area contributed by atoms with Gasteiger partial charge < -0.3 is 44.6 Å². The highest BCUT2D eigenvalue weighted by Gasteiger charge is 2.45. The summed E-state index contributed by atoms with van der Waals surface area (Å²) in [5.74, 6) is -6.13. The molecule has 54 heavy (non-hydrogen) atoms. The van der Waals surface area contributed by atoms with Crippen LogP contribution in [0.25, 0.3) is 5.57 Å². The summed E-state index contributed by atoms with van der Waals surface area (Å²) >= 11 is 0. The number of halogens is 3. The summed E-state index contributed by atoms with van der Waals surface area (Å²) in [7, 11) is 3.08. The maximum Gasteiger partial charge on any atom is 0.335 e. The second-order valence-electron chi connectivity index (χ2n) is 13.7. The van der Waals surface area contributed by atoms with Gasteiger partial charge in [0.05, 0.1) is 26.9 Å². The Balaban J connectivity index is 1.27. The number of nitrogens with one attached hydrogen (secondary N) is 1. The highest BCUT2D eigenvalue weighted by Crippen LogP contribution is 2.38. The lowest BCUT2D eigenvalue weighted by molar-refractivity contribution is -0.163. The Hall–Kier alpha value is -5.12. The molecule has 0 radical (unpaired) electrons. The summed E-state index contributed by atoms with van der Waals surface area (Å²) < 4.78 is 57.6. The molecule has 1 aliphatic carbocycles. The number of aliphatic hydroxyl groups is 2. The summed E-state index contributed by atoms with van der Waals surface area (Å²) in [6.45, 7) is 0.242. The van der Waals surface area contributed by atoms with Crippen molar-refractivity contribution in [3.8, 4) is 17.2 Å². The average molecular weight is 754 g/mol. The number of methoxy groups -OCH3 is 2. The van der Waals surface area contributed by atoms with E-state index in [1.165, 1.54) is 4.90 Å². The van der Waals surface area contributed by atoms with Crippen molar-refractivity contribution in [2.45, 2.75) is 69.0 Å². The summed E-state index contributed by atoms with van der Waals surface area (Å²) in [5.41, 5.74) is 3.66. The molecule has 2 bridgehead atoms. The second kappa shape index (κ2) is 16.5. The molecule has 6 rings (SSSR count). The molecule has 2 amide bonds. The Labute approximate surface area is 309 Å². The first-order chi connectivity index (χ1) is 25.9. The summed E-state index contributed by atoms with van der Waals surface area (Å²) in [6, 6.07) is 13.4. The number of rotatable bonds is 15. The van der Waals surface area contributed by atoms with E-state index in [2.05, 4.69) is 5.32 Å². The lowest BCUT2D eigenvalue weighted by atomic mass is 9.82. The van der Waals surface area contributed by atoms with Crippen molar-refractivity contribution in [3.05, 3.63) is 94.3 Å². The Morgan fingerprint density at radius 3 is 2.20 bits per heavy atom. The fourth-order valence-corrected chi connectivity index (χ4v) is 7.03. The molecule has 3 aromatic carbocycles. The number of carbonyl (C=O) groups is 3. The van der Waals surface area contributed by atoms with E-state index in [1.54, 1.807) is 25.2 Å². The van der Waals surface area contributed by atoms with Crippen molar-refractivity contribution in [1.29, 1.82) is 0 Å². The first-order valence-corrected chi connectivity index (χ1v) is 17.6. The molecule has 2 heterocycles. The van der Waals surface area contributed by atoms with Crippen LogP contribution in [0, 0.1) is 17.5 Å². The molecule has 0 unspecified atom stereocenters. The summed E-state index contributed by atoms with van der Waals surface area (Å²) in [5, 5.41) is 32.9. The fourth-order valence-electron chi connectivity index (χ4n) is 7.03. The third-order valence-electron chi connectivity index (χ3n) is 9.93.